The van der Waals surface area contributed by atoms with E-state index >= 15 is 0 Å². The van der Waals surface area contributed by atoms with Crippen LogP contribution in [0.2, 0.25) is 0 Å². The number of rotatable bonds is 0. The maximum atomic E-state index is 10.2. The van der Waals surface area contributed by atoms with Crippen molar-refractivity contribution in [1.82, 2.24) is 0 Å². The van der Waals surface area contributed by atoms with Crippen LogP contribution in [-0.4, -0.2) is 25.0 Å². The van der Waals surface area contributed by atoms with Crippen molar-refractivity contribution in [3.63, 3.8) is 0 Å². The van der Waals surface area contributed by atoms with Crippen LogP contribution in [0.15, 0.2) is 9.98 Å². The van der Waals surface area contributed by atoms with Gasteiger partial charge in [0.15, 0.2) is 0 Å². The lowest BCUT2D eigenvalue weighted by Gasteiger charge is -1.81. The molecule has 0 bridgehead atoms. The minimum atomic E-state index is -2.29. The van der Waals surface area contributed by atoms with Gasteiger partial charge in [-0.25, -0.2) is 9.98 Å². The normalized spacial score (nSPS) is 16.8. The van der Waals surface area contributed by atoms with Crippen LogP contribution in [0.4, 0.5) is 0 Å². The molecule has 0 saturated carbocycles. The Bertz CT molecular complexity index is 320. The maximum Gasteiger partial charge on any atom is 0.276 e. The Balaban J connectivity index is 3.31. The van der Waals surface area contributed by atoms with Gasteiger partial charge >= 0.3 is 0 Å². The quantitative estimate of drug-likeness (QED) is 0.462. The molecule has 54 valence electrons. The Morgan fingerprint density at radius 1 is 1.10 bits per heavy atom. The minimum Gasteiger partial charge on any atom is -0.218 e. The summed E-state index contributed by atoms with van der Waals surface area (Å²) in [5.41, 5.74) is 1.33. The molecule has 0 N–H and O–H groups in total. The Kier molecular flexibility index (Phi) is 1.67. The van der Waals surface area contributed by atoms with E-state index in [2.05, 4.69) is 9.98 Å². The molecule has 5 heteroatoms. The molecule has 1 heterocycles. The van der Waals surface area contributed by atoms with E-state index < -0.39 is 10.3 Å². The van der Waals surface area contributed by atoms with E-state index in [4.69, 9.17) is 0 Å². The average molecular weight is 158 g/mol. The smallest absolute Gasteiger partial charge is 0.218 e. The highest BCUT2D eigenvalue weighted by atomic mass is 32.2. The van der Waals surface area contributed by atoms with E-state index in [0.29, 0.717) is 11.4 Å². The van der Waals surface area contributed by atoms with Crippen molar-refractivity contribution < 1.29 is 8.42 Å². The first-order valence-corrected chi connectivity index (χ1v) is 3.76. The van der Waals surface area contributed by atoms with Gasteiger partial charge in [-0.3, -0.25) is 0 Å². The molecular formula is C5H6N2O2S. The summed E-state index contributed by atoms with van der Waals surface area (Å²) in [4.78, 5) is 7.37. The first-order chi connectivity index (χ1) is 4.61. The second kappa shape index (κ2) is 2.34. The van der Waals surface area contributed by atoms with E-state index in [1.165, 1.54) is 0 Å². The highest BCUT2D eigenvalue weighted by Gasteiger charge is 2.09. The summed E-state index contributed by atoms with van der Waals surface area (Å²) < 4.78 is 20.5. The van der Waals surface area contributed by atoms with Gasteiger partial charge in [-0.05, 0) is 13.8 Å². The molecule has 0 amide bonds. The van der Waals surface area contributed by atoms with E-state index in [1.807, 2.05) is 0 Å². The summed E-state index contributed by atoms with van der Waals surface area (Å²) in [6, 6.07) is 0. The molecule has 0 aromatic heterocycles. The lowest BCUT2D eigenvalue weighted by molar-refractivity contribution is 0.626. The third kappa shape index (κ3) is 1.13. The van der Waals surface area contributed by atoms with Gasteiger partial charge in [0.1, 0.15) is 0 Å². The van der Waals surface area contributed by atoms with Crippen LogP contribution in [0.5, 0.6) is 0 Å². The molecular weight excluding hydrogens is 152 g/mol. The lowest BCUT2D eigenvalue weighted by atomic mass is 10.3. The fourth-order valence-electron chi connectivity index (χ4n) is 0.548. The summed E-state index contributed by atoms with van der Waals surface area (Å²) in [5.74, 6) is 0. The van der Waals surface area contributed by atoms with Crippen molar-refractivity contribution in [2.45, 2.75) is 13.8 Å². The fraction of sp³-hybridized carbons (Fsp3) is 0.400. The van der Waals surface area contributed by atoms with Crippen molar-refractivity contribution in [3.8, 4) is 0 Å². The summed E-state index contributed by atoms with van der Waals surface area (Å²) >= 11 is 0. The molecule has 0 saturated heterocycles. The Hall–Kier alpha value is -0.970. The predicted molar refractivity (Wildman–Crippen MR) is 40.1 cm³/mol. The SMILES string of the molecule is CC1=NC(=S(=O)=O)N=C1C. The molecule has 0 fully saturated rings. The van der Waals surface area contributed by atoms with Gasteiger partial charge in [0, 0.05) is 0 Å². The number of aliphatic imine (C=N–C) groups is 2. The summed E-state index contributed by atoms with van der Waals surface area (Å²) in [6.07, 6.45) is 0. The molecule has 1 rings (SSSR count). The van der Waals surface area contributed by atoms with Crippen molar-refractivity contribution in [1.29, 1.82) is 0 Å². The number of hydrogen-bond acceptors (Lipinski definition) is 2. The molecule has 0 aliphatic carbocycles. The molecule has 0 atom stereocenters. The third-order valence-electron chi connectivity index (χ3n) is 1.20. The molecule has 0 aromatic carbocycles. The Morgan fingerprint density at radius 3 is 1.70 bits per heavy atom. The topological polar surface area (TPSA) is 58.9 Å². The van der Waals surface area contributed by atoms with E-state index in [1.54, 1.807) is 13.8 Å². The van der Waals surface area contributed by atoms with Gasteiger partial charge in [-0.2, -0.15) is 8.42 Å². The average Bonchev–Trinajstić information content (AvgIpc) is 2.13. The lowest BCUT2D eigenvalue weighted by Crippen LogP contribution is -1.98. The Labute approximate surface area is 59.8 Å². The maximum absolute atomic E-state index is 10.2. The minimum absolute atomic E-state index is 0.116. The summed E-state index contributed by atoms with van der Waals surface area (Å²) in [6.45, 7) is 3.44. The van der Waals surface area contributed by atoms with Gasteiger partial charge in [0.2, 0.25) is 0 Å². The highest BCUT2D eigenvalue weighted by Crippen LogP contribution is 1.96. The molecule has 0 unspecified atom stereocenters. The summed E-state index contributed by atoms with van der Waals surface area (Å²) in [5, 5.41) is -0.116. The second-order valence-corrected chi connectivity index (χ2v) is 2.75. The van der Waals surface area contributed by atoms with Crippen molar-refractivity contribution >= 4 is 26.8 Å². The van der Waals surface area contributed by atoms with Crippen molar-refractivity contribution in [2.75, 3.05) is 0 Å². The molecule has 0 radical (unpaired) electrons. The van der Waals surface area contributed by atoms with Crippen LogP contribution in [0.1, 0.15) is 13.8 Å². The molecule has 0 spiro atoms. The predicted octanol–water partition coefficient (Wildman–Crippen LogP) is -0.112. The second-order valence-electron chi connectivity index (χ2n) is 1.91. The first-order valence-electron chi connectivity index (χ1n) is 2.68. The van der Waals surface area contributed by atoms with Gasteiger partial charge in [0.05, 0.1) is 11.4 Å². The standard InChI is InChI=1S/C5H6N2O2S/c1-3-4(2)7-5(6-3)10(8)9/h1-2H3. The van der Waals surface area contributed by atoms with Crippen LogP contribution < -0.4 is 0 Å². The molecule has 1 aliphatic rings. The van der Waals surface area contributed by atoms with E-state index in [0.717, 1.165) is 0 Å². The molecule has 4 nitrogen and oxygen atoms in total. The van der Waals surface area contributed by atoms with Gasteiger partial charge in [-0.1, -0.05) is 0 Å². The molecule has 10 heavy (non-hydrogen) atoms. The number of hydrogen-bond donors (Lipinski definition) is 0. The zero-order valence-electron chi connectivity index (χ0n) is 5.62. The van der Waals surface area contributed by atoms with Crippen LogP contribution in [0, 0.1) is 0 Å². The largest absolute Gasteiger partial charge is 0.276 e. The van der Waals surface area contributed by atoms with Gasteiger partial charge in [-0.15, -0.1) is 0 Å². The molecule has 0 aromatic rings. The zero-order valence-corrected chi connectivity index (χ0v) is 6.44. The van der Waals surface area contributed by atoms with E-state index in [-0.39, 0.29) is 5.11 Å². The van der Waals surface area contributed by atoms with Crippen LogP contribution in [0.25, 0.3) is 0 Å². The van der Waals surface area contributed by atoms with Crippen molar-refractivity contribution in [2.24, 2.45) is 9.98 Å². The van der Waals surface area contributed by atoms with Gasteiger partial charge in [0.25, 0.3) is 15.4 Å². The first kappa shape index (κ1) is 7.14. The van der Waals surface area contributed by atoms with Gasteiger partial charge < -0.3 is 0 Å². The highest BCUT2D eigenvalue weighted by molar-refractivity contribution is 7.73. The monoisotopic (exact) mass is 158 g/mol. The fourth-order valence-corrected chi connectivity index (χ4v) is 0.971. The third-order valence-corrected chi connectivity index (χ3v) is 1.68. The van der Waals surface area contributed by atoms with E-state index in [9.17, 15) is 8.42 Å². The molecule has 1 aliphatic heterocycles. The summed E-state index contributed by atoms with van der Waals surface area (Å²) in [7, 11) is -2.29. The van der Waals surface area contributed by atoms with Crippen LogP contribution in [0.3, 0.4) is 0 Å². The van der Waals surface area contributed by atoms with Crippen LogP contribution in [-0.2, 0) is 10.3 Å². The zero-order chi connectivity index (χ0) is 7.72. The number of nitrogens with zero attached hydrogens (tertiary/aromatic N) is 2. The van der Waals surface area contributed by atoms with Crippen LogP contribution >= 0.6 is 0 Å². The van der Waals surface area contributed by atoms with Crippen molar-refractivity contribution in [3.05, 3.63) is 0 Å². The Morgan fingerprint density at radius 2 is 1.50 bits per heavy atom.